The number of aryl methyl sites for hydroxylation is 1. The van der Waals surface area contributed by atoms with E-state index < -0.39 is 0 Å². The van der Waals surface area contributed by atoms with Crippen LogP contribution in [0, 0.1) is 12.8 Å². The van der Waals surface area contributed by atoms with Crippen molar-refractivity contribution >= 4 is 11.6 Å². The monoisotopic (exact) mass is 272 g/mol. The highest BCUT2D eigenvalue weighted by molar-refractivity contribution is 5.80. The van der Waals surface area contributed by atoms with Crippen molar-refractivity contribution in [3.63, 3.8) is 0 Å². The van der Waals surface area contributed by atoms with E-state index in [4.69, 9.17) is 0 Å². The molecule has 2 N–H and O–H groups in total. The van der Waals surface area contributed by atoms with Crippen LogP contribution in [-0.2, 0) is 11.3 Å². The summed E-state index contributed by atoms with van der Waals surface area (Å²) in [6.07, 6.45) is 4.14. The number of carbonyl (C=O) groups excluding carboxylic acids is 1. The topological polar surface area (TPSA) is 58.4 Å². The molecule has 0 atom stereocenters. The van der Waals surface area contributed by atoms with E-state index in [-0.39, 0.29) is 11.8 Å². The summed E-state index contributed by atoms with van der Waals surface area (Å²) >= 11 is 0. The maximum Gasteiger partial charge on any atom is 0.223 e. The normalized spacial score (nSPS) is 14.7. The summed E-state index contributed by atoms with van der Waals surface area (Å²) in [5, 5.41) is 6.31. The maximum atomic E-state index is 11.5. The van der Waals surface area contributed by atoms with Crippen LogP contribution in [0.5, 0.6) is 0 Å². The molecule has 0 aliphatic heterocycles. The third kappa shape index (κ3) is 2.82. The second-order valence-electron chi connectivity index (χ2n) is 5.31. The molecule has 106 valence electrons. The van der Waals surface area contributed by atoms with Crippen LogP contribution in [0.25, 0.3) is 5.65 Å². The maximum absolute atomic E-state index is 11.5. The van der Waals surface area contributed by atoms with Gasteiger partial charge < -0.3 is 15.0 Å². The summed E-state index contributed by atoms with van der Waals surface area (Å²) in [6, 6.07) is 6.01. The first-order valence-corrected chi connectivity index (χ1v) is 7.16. The Bertz CT molecular complexity index is 615. The van der Waals surface area contributed by atoms with Gasteiger partial charge in [-0.25, -0.2) is 4.98 Å². The Balaban J connectivity index is 1.49. The lowest BCUT2D eigenvalue weighted by molar-refractivity contribution is -0.122. The van der Waals surface area contributed by atoms with Gasteiger partial charge in [-0.05, 0) is 31.9 Å². The molecule has 0 bridgehead atoms. The fraction of sp³-hybridized carbons (Fsp3) is 0.467. The molecule has 2 aromatic rings. The molecular weight excluding hydrogens is 252 g/mol. The van der Waals surface area contributed by atoms with Crippen molar-refractivity contribution < 1.29 is 4.79 Å². The van der Waals surface area contributed by atoms with Crippen molar-refractivity contribution in [2.24, 2.45) is 5.92 Å². The number of aromatic nitrogens is 2. The van der Waals surface area contributed by atoms with Gasteiger partial charge >= 0.3 is 0 Å². The van der Waals surface area contributed by atoms with Crippen LogP contribution in [0.2, 0.25) is 0 Å². The third-order valence-electron chi connectivity index (χ3n) is 3.67. The smallest absolute Gasteiger partial charge is 0.223 e. The summed E-state index contributed by atoms with van der Waals surface area (Å²) in [7, 11) is 0. The molecule has 2 heterocycles. The molecule has 3 rings (SSSR count). The molecule has 1 aliphatic rings. The summed E-state index contributed by atoms with van der Waals surface area (Å²) in [6.45, 7) is 4.25. The minimum Gasteiger partial charge on any atom is -0.355 e. The van der Waals surface area contributed by atoms with Gasteiger partial charge in [0.25, 0.3) is 0 Å². The molecule has 0 aromatic carbocycles. The van der Waals surface area contributed by atoms with Gasteiger partial charge in [0.15, 0.2) is 0 Å². The van der Waals surface area contributed by atoms with E-state index in [1.54, 1.807) is 0 Å². The highest BCUT2D eigenvalue weighted by Crippen LogP contribution is 2.28. The van der Waals surface area contributed by atoms with Crippen molar-refractivity contribution in [3.8, 4) is 0 Å². The van der Waals surface area contributed by atoms with Crippen LogP contribution >= 0.6 is 0 Å². The molecule has 0 unspecified atom stereocenters. The van der Waals surface area contributed by atoms with Crippen molar-refractivity contribution in [2.45, 2.75) is 26.3 Å². The molecule has 1 aliphatic carbocycles. The number of imidazole rings is 1. The summed E-state index contributed by atoms with van der Waals surface area (Å²) in [4.78, 5) is 16.0. The van der Waals surface area contributed by atoms with Crippen LogP contribution in [0.4, 0.5) is 0 Å². The van der Waals surface area contributed by atoms with Gasteiger partial charge in [0, 0.05) is 31.7 Å². The fourth-order valence-corrected chi connectivity index (χ4v) is 2.35. The SMILES string of the molecule is Cc1nc2ccccn2c1CNCCNC(=O)C1CC1. The number of hydrogen-bond donors (Lipinski definition) is 2. The second kappa shape index (κ2) is 5.63. The average Bonchev–Trinajstić information content (AvgIpc) is 3.24. The Morgan fingerprint density at radius 3 is 3.05 bits per heavy atom. The lowest BCUT2D eigenvalue weighted by Gasteiger charge is -2.07. The van der Waals surface area contributed by atoms with Crippen molar-refractivity contribution in [1.29, 1.82) is 0 Å². The van der Waals surface area contributed by atoms with Crippen molar-refractivity contribution in [1.82, 2.24) is 20.0 Å². The highest BCUT2D eigenvalue weighted by Gasteiger charge is 2.28. The van der Waals surface area contributed by atoms with Gasteiger partial charge in [0.05, 0.1) is 11.4 Å². The first-order valence-electron chi connectivity index (χ1n) is 7.16. The van der Waals surface area contributed by atoms with Crippen LogP contribution in [0.15, 0.2) is 24.4 Å². The van der Waals surface area contributed by atoms with Gasteiger partial charge in [0.2, 0.25) is 5.91 Å². The Labute approximate surface area is 118 Å². The molecule has 1 fully saturated rings. The predicted molar refractivity (Wildman–Crippen MR) is 77.4 cm³/mol. The lowest BCUT2D eigenvalue weighted by Crippen LogP contribution is -2.32. The zero-order valence-corrected chi connectivity index (χ0v) is 11.7. The molecule has 5 heteroatoms. The summed E-state index contributed by atoms with van der Waals surface area (Å²) in [5.41, 5.74) is 3.20. The minimum atomic E-state index is 0.206. The Morgan fingerprint density at radius 2 is 2.25 bits per heavy atom. The Kier molecular flexibility index (Phi) is 3.69. The molecule has 1 saturated carbocycles. The third-order valence-corrected chi connectivity index (χ3v) is 3.67. The number of fused-ring (bicyclic) bond motifs is 1. The number of rotatable bonds is 6. The van der Waals surface area contributed by atoms with Crippen LogP contribution in [0.3, 0.4) is 0 Å². The van der Waals surface area contributed by atoms with Crippen molar-refractivity contribution in [3.05, 3.63) is 35.8 Å². The van der Waals surface area contributed by atoms with Gasteiger partial charge in [0.1, 0.15) is 5.65 Å². The molecule has 20 heavy (non-hydrogen) atoms. The van der Waals surface area contributed by atoms with Gasteiger partial charge in [-0.1, -0.05) is 6.07 Å². The number of carbonyl (C=O) groups is 1. The summed E-state index contributed by atoms with van der Waals surface area (Å²) < 4.78 is 2.10. The van der Waals surface area contributed by atoms with E-state index in [0.29, 0.717) is 6.54 Å². The molecule has 2 aromatic heterocycles. The number of amides is 1. The first kappa shape index (κ1) is 13.1. The molecule has 5 nitrogen and oxygen atoms in total. The molecule has 0 saturated heterocycles. The average molecular weight is 272 g/mol. The second-order valence-corrected chi connectivity index (χ2v) is 5.31. The van der Waals surface area contributed by atoms with E-state index in [9.17, 15) is 4.79 Å². The van der Waals surface area contributed by atoms with Crippen LogP contribution < -0.4 is 10.6 Å². The zero-order chi connectivity index (χ0) is 13.9. The minimum absolute atomic E-state index is 0.206. The highest BCUT2D eigenvalue weighted by atomic mass is 16.2. The van der Waals surface area contributed by atoms with Gasteiger partial charge in [-0.3, -0.25) is 4.79 Å². The van der Waals surface area contributed by atoms with Crippen LogP contribution in [-0.4, -0.2) is 28.4 Å². The Morgan fingerprint density at radius 1 is 1.40 bits per heavy atom. The van der Waals surface area contributed by atoms with E-state index in [1.807, 2.05) is 31.3 Å². The van der Waals surface area contributed by atoms with Gasteiger partial charge in [-0.15, -0.1) is 0 Å². The van der Waals surface area contributed by atoms with E-state index in [0.717, 1.165) is 37.3 Å². The van der Waals surface area contributed by atoms with Crippen molar-refractivity contribution in [2.75, 3.05) is 13.1 Å². The van der Waals surface area contributed by atoms with Gasteiger partial charge in [-0.2, -0.15) is 0 Å². The van der Waals surface area contributed by atoms with E-state index in [1.165, 1.54) is 5.69 Å². The molecule has 1 amide bonds. The van der Waals surface area contributed by atoms with E-state index >= 15 is 0 Å². The molecular formula is C15H20N4O. The predicted octanol–water partition coefficient (Wildman–Crippen LogP) is 1.26. The molecule has 0 spiro atoms. The zero-order valence-electron chi connectivity index (χ0n) is 11.7. The largest absolute Gasteiger partial charge is 0.355 e. The van der Waals surface area contributed by atoms with Crippen LogP contribution in [0.1, 0.15) is 24.2 Å². The lowest BCUT2D eigenvalue weighted by atomic mass is 10.3. The number of nitrogens with zero attached hydrogens (tertiary/aromatic N) is 2. The Hall–Kier alpha value is -1.88. The first-order chi connectivity index (χ1) is 9.75. The van der Waals surface area contributed by atoms with E-state index in [2.05, 4.69) is 20.0 Å². The number of hydrogen-bond acceptors (Lipinski definition) is 3. The quantitative estimate of drug-likeness (QED) is 0.778. The number of pyridine rings is 1. The standard InChI is InChI=1S/C15H20N4O/c1-11-13(19-9-3-2-4-14(19)18-11)10-16-7-8-17-15(20)12-5-6-12/h2-4,9,12,16H,5-8,10H2,1H3,(H,17,20). The molecule has 0 radical (unpaired) electrons. The number of nitrogens with one attached hydrogen (secondary N) is 2. The fourth-order valence-electron chi connectivity index (χ4n) is 2.35. The summed E-state index contributed by atoms with van der Waals surface area (Å²) in [5.74, 6) is 0.494.